The molecule has 1 saturated heterocycles. The first-order valence-corrected chi connectivity index (χ1v) is 12.7. The van der Waals surface area contributed by atoms with Crippen molar-refractivity contribution in [1.82, 2.24) is 33.9 Å². The molecule has 212 valence electrons. The molecular weight excluding hydrogens is 565 g/mol. The third-order valence-electron chi connectivity index (χ3n) is 6.52. The second kappa shape index (κ2) is 11.1. The SMILES string of the molecule is N#CCn1cc(-c2cnc3c(Nc4ccc(C(=O)N5CCN(C(=O)CN)CC5)c(Cl)c4)nccn23)c(C(F)(F)F)n1. The fourth-order valence-corrected chi connectivity index (χ4v) is 4.80. The molecule has 3 aromatic heterocycles. The Kier molecular flexibility index (Phi) is 7.52. The molecule has 1 aliphatic rings. The molecule has 3 N–H and O–H groups in total. The van der Waals surface area contributed by atoms with Gasteiger partial charge >= 0.3 is 6.18 Å². The lowest BCUT2D eigenvalue weighted by Gasteiger charge is -2.34. The highest BCUT2D eigenvalue weighted by molar-refractivity contribution is 6.34. The number of imidazole rings is 1. The summed E-state index contributed by atoms with van der Waals surface area (Å²) < 4.78 is 43.4. The predicted octanol–water partition coefficient (Wildman–Crippen LogP) is 2.78. The molecule has 0 radical (unpaired) electrons. The lowest BCUT2D eigenvalue weighted by molar-refractivity contribution is -0.141. The van der Waals surface area contributed by atoms with Gasteiger partial charge in [0.15, 0.2) is 17.2 Å². The number of hydrogen-bond acceptors (Lipinski definition) is 8. The summed E-state index contributed by atoms with van der Waals surface area (Å²) in [5.41, 5.74) is 5.11. The Labute approximate surface area is 235 Å². The number of alkyl halides is 3. The van der Waals surface area contributed by atoms with E-state index >= 15 is 0 Å². The second-order valence-electron chi connectivity index (χ2n) is 9.05. The normalized spacial score (nSPS) is 13.9. The van der Waals surface area contributed by atoms with Gasteiger partial charge in [-0.3, -0.25) is 18.7 Å². The van der Waals surface area contributed by atoms with E-state index in [1.807, 2.05) is 0 Å². The van der Waals surface area contributed by atoms with E-state index in [1.165, 1.54) is 29.1 Å². The van der Waals surface area contributed by atoms with Gasteiger partial charge in [0, 0.05) is 50.5 Å². The standard InChI is InChI=1S/C25H22ClF3N10O2/c26-18-11-15(1-2-16(18)24(41)37-9-7-36(8-10-37)20(40)12-31)34-22-23-33-13-19(39(23)6-4-32-22)17-14-38(5-3-30)35-21(17)25(27,28)29/h1-2,4,6,11,13-14H,5,7-10,12,31H2,(H,32,34). The van der Waals surface area contributed by atoms with E-state index < -0.39 is 11.9 Å². The summed E-state index contributed by atoms with van der Waals surface area (Å²) in [4.78, 5) is 36.6. The Balaban J connectivity index is 1.38. The van der Waals surface area contributed by atoms with Gasteiger partial charge in [-0.25, -0.2) is 9.97 Å². The van der Waals surface area contributed by atoms with Gasteiger partial charge < -0.3 is 20.9 Å². The van der Waals surface area contributed by atoms with Crippen LogP contribution < -0.4 is 11.1 Å². The van der Waals surface area contributed by atoms with Gasteiger partial charge in [0.1, 0.15) is 6.54 Å². The van der Waals surface area contributed by atoms with Crippen LogP contribution in [0.25, 0.3) is 16.9 Å². The lowest BCUT2D eigenvalue weighted by Crippen LogP contribution is -2.51. The zero-order valence-electron chi connectivity index (χ0n) is 21.3. The minimum atomic E-state index is -4.75. The molecule has 4 aromatic rings. The second-order valence-corrected chi connectivity index (χ2v) is 9.46. The Morgan fingerprint density at radius 3 is 2.54 bits per heavy atom. The molecule has 0 aliphatic carbocycles. The molecular formula is C25H22ClF3N10O2. The van der Waals surface area contributed by atoms with Crippen LogP contribution in [0.4, 0.5) is 24.7 Å². The molecule has 2 amide bonds. The number of nitrogens with zero attached hydrogens (tertiary/aromatic N) is 8. The van der Waals surface area contributed by atoms with Crippen LogP contribution in [0.3, 0.4) is 0 Å². The summed E-state index contributed by atoms with van der Waals surface area (Å²) in [6.45, 7) is 1.02. The Bertz CT molecular complexity index is 1670. The van der Waals surface area contributed by atoms with Gasteiger partial charge in [0.05, 0.1) is 40.7 Å². The number of carbonyl (C=O) groups excluding carboxylic acids is 2. The maximum atomic E-state index is 13.7. The zero-order valence-corrected chi connectivity index (χ0v) is 22.0. The minimum Gasteiger partial charge on any atom is -0.338 e. The molecule has 16 heteroatoms. The first-order valence-electron chi connectivity index (χ1n) is 12.3. The van der Waals surface area contributed by atoms with E-state index in [0.29, 0.717) is 31.9 Å². The number of nitrogens with two attached hydrogens (primary N) is 1. The van der Waals surface area contributed by atoms with E-state index in [1.54, 1.807) is 28.0 Å². The number of piperazine rings is 1. The Morgan fingerprint density at radius 1 is 1.15 bits per heavy atom. The van der Waals surface area contributed by atoms with Gasteiger partial charge in [0.25, 0.3) is 5.91 Å². The summed E-state index contributed by atoms with van der Waals surface area (Å²) in [5.74, 6) is -0.224. The first-order chi connectivity index (χ1) is 19.6. The van der Waals surface area contributed by atoms with Crippen LogP contribution in [0.1, 0.15) is 16.1 Å². The van der Waals surface area contributed by atoms with Crippen LogP contribution in [0.2, 0.25) is 5.02 Å². The molecule has 0 atom stereocenters. The number of nitrogens with one attached hydrogen (secondary N) is 1. The summed E-state index contributed by atoms with van der Waals surface area (Å²) in [5, 5.41) is 15.7. The van der Waals surface area contributed by atoms with E-state index in [4.69, 9.17) is 22.6 Å². The quantitative estimate of drug-likeness (QED) is 0.350. The third kappa shape index (κ3) is 5.52. The van der Waals surface area contributed by atoms with E-state index in [-0.39, 0.29) is 58.2 Å². The lowest BCUT2D eigenvalue weighted by atomic mass is 10.1. The predicted molar refractivity (Wildman–Crippen MR) is 141 cm³/mol. The number of carbonyl (C=O) groups is 2. The van der Waals surface area contributed by atoms with Crippen molar-refractivity contribution in [3.63, 3.8) is 0 Å². The molecule has 5 rings (SSSR count). The zero-order chi connectivity index (χ0) is 29.3. The van der Waals surface area contributed by atoms with Crippen LogP contribution in [0.5, 0.6) is 0 Å². The molecule has 1 aromatic carbocycles. The smallest absolute Gasteiger partial charge is 0.338 e. The van der Waals surface area contributed by atoms with Crippen molar-refractivity contribution in [1.29, 1.82) is 5.26 Å². The van der Waals surface area contributed by atoms with Crippen molar-refractivity contribution in [3.05, 3.63) is 59.3 Å². The highest BCUT2D eigenvalue weighted by atomic mass is 35.5. The molecule has 4 heterocycles. The van der Waals surface area contributed by atoms with Gasteiger partial charge in [-0.2, -0.15) is 23.5 Å². The molecule has 0 saturated carbocycles. The molecule has 1 aliphatic heterocycles. The molecule has 0 spiro atoms. The Hall–Kier alpha value is -4.68. The highest BCUT2D eigenvalue weighted by Crippen LogP contribution is 2.37. The highest BCUT2D eigenvalue weighted by Gasteiger charge is 2.38. The van der Waals surface area contributed by atoms with Gasteiger partial charge in [0.2, 0.25) is 5.91 Å². The van der Waals surface area contributed by atoms with Gasteiger partial charge in [-0.15, -0.1) is 0 Å². The fraction of sp³-hybridized carbons (Fsp3) is 0.280. The largest absolute Gasteiger partial charge is 0.435 e. The summed E-state index contributed by atoms with van der Waals surface area (Å²) >= 11 is 6.45. The summed E-state index contributed by atoms with van der Waals surface area (Å²) in [6.07, 6.45) is 0.511. The number of anilines is 2. The summed E-state index contributed by atoms with van der Waals surface area (Å²) in [7, 11) is 0. The van der Waals surface area contributed by atoms with E-state index in [2.05, 4.69) is 20.4 Å². The van der Waals surface area contributed by atoms with E-state index in [0.717, 1.165) is 10.9 Å². The van der Waals surface area contributed by atoms with Crippen molar-refractivity contribution < 1.29 is 22.8 Å². The Morgan fingerprint density at radius 2 is 1.88 bits per heavy atom. The van der Waals surface area contributed by atoms with Crippen LogP contribution in [0, 0.1) is 11.3 Å². The average Bonchev–Trinajstić information content (AvgIpc) is 3.58. The molecule has 12 nitrogen and oxygen atoms in total. The topological polar surface area (TPSA) is 150 Å². The van der Waals surface area contributed by atoms with Crippen molar-refractivity contribution >= 4 is 40.6 Å². The third-order valence-corrected chi connectivity index (χ3v) is 6.84. The number of benzene rings is 1. The number of nitriles is 1. The fourth-order valence-electron chi connectivity index (χ4n) is 4.54. The minimum absolute atomic E-state index is 0.0848. The molecule has 0 unspecified atom stereocenters. The maximum Gasteiger partial charge on any atom is 0.435 e. The molecule has 1 fully saturated rings. The number of amides is 2. The van der Waals surface area contributed by atoms with Crippen molar-refractivity contribution in [2.45, 2.75) is 12.7 Å². The maximum absolute atomic E-state index is 13.7. The number of hydrogen-bond donors (Lipinski definition) is 2. The summed E-state index contributed by atoms with van der Waals surface area (Å²) in [6, 6.07) is 6.49. The van der Waals surface area contributed by atoms with Crippen LogP contribution in [0.15, 0.2) is 43.0 Å². The average molecular weight is 587 g/mol. The number of fused-ring (bicyclic) bond motifs is 1. The van der Waals surface area contributed by atoms with Gasteiger partial charge in [-0.05, 0) is 18.2 Å². The van der Waals surface area contributed by atoms with Crippen LogP contribution >= 0.6 is 11.6 Å². The van der Waals surface area contributed by atoms with Crippen LogP contribution in [-0.4, -0.2) is 78.5 Å². The first kappa shape index (κ1) is 27.9. The van der Waals surface area contributed by atoms with E-state index in [9.17, 15) is 22.8 Å². The number of rotatable bonds is 6. The van der Waals surface area contributed by atoms with Crippen molar-refractivity contribution in [3.8, 4) is 17.3 Å². The van der Waals surface area contributed by atoms with Crippen LogP contribution in [-0.2, 0) is 17.5 Å². The van der Waals surface area contributed by atoms with Gasteiger partial charge in [-0.1, -0.05) is 11.6 Å². The molecule has 0 bridgehead atoms. The molecule has 41 heavy (non-hydrogen) atoms. The number of aromatic nitrogens is 5. The van der Waals surface area contributed by atoms with Crippen molar-refractivity contribution in [2.24, 2.45) is 5.73 Å². The van der Waals surface area contributed by atoms with Crippen molar-refractivity contribution in [2.75, 3.05) is 38.0 Å². The monoisotopic (exact) mass is 586 g/mol. The number of halogens is 4.